The van der Waals surface area contributed by atoms with Gasteiger partial charge in [-0.05, 0) is 37.5 Å². The molecule has 2 saturated heterocycles. The Kier molecular flexibility index (Phi) is 13.7. The lowest BCUT2D eigenvalue weighted by molar-refractivity contribution is -0.169. The molecule has 0 aliphatic carbocycles. The van der Waals surface area contributed by atoms with E-state index in [0.717, 1.165) is 9.80 Å². The van der Waals surface area contributed by atoms with Crippen molar-refractivity contribution in [3.05, 3.63) is 0 Å². The largest absolute Gasteiger partial charge is 0.443 e. The molecule has 43 heavy (non-hydrogen) atoms. The van der Waals surface area contributed by atoms with Crippen LogP contribution in [0.2, 0.25) is 0 Å². The van der Waals surface area contributed by atoms with Gasteiger partial charge in [0.05, 0.1) is 26.2 Å². The minimum atomic E-state index is -0.874. The minimum Gasteiger partial charge on any atom is -0.443 e. The number of carbonyl (C=O) groups excluding carboxylic acids is 6. The van der Waals surface area contributed by atoms with Crippen LogP contribution in [0.4, 0.5) is 0 Å². The second-order valence-electron chi connectivity index (χ2n) is 13.6. The molecule has 0 aromatic heterocycles. The molecule has 0 aromatic rings. The first kappa shape index (κ1) is 38.4. The van der Waals surface area contributed by atoms with Gasteiger partial charge in [0.15, 0.2) is 13.5 Å². The molecule has 0 saturated carbocycles. The monoisotopic (exact) mass is 632 g/mol. The lowest BCUT2D eigenvalue weighted by atomic mass is 9.88. The van der Waals surface area contributed by atoms with E-state index in [2.05, 4.69) is 0 Å². The Hall–Kier alpha value is -2.65. The number of ether oxygens (including phenoxy) is 2. The van der Waals surface area contributed by atoms with Gasteiger partial charge < -0.3 is 20.9 Å². The number of amides is 4. The van der Waals surface area contributed by atoms with Crippen molar-refractivity contribution in [2.24, 2.45) is 22.3 Å². The van der Waals surface area contributed by atoms with Crippen LogP contribution in [-0.4, -0.2) is 119 Å². The van der Waals surface area contributed by atoms with Gasteiger partial charge in [-0.3, -0.25) is 38.6 Å². The van der Waals surface area contributed by atoms with Crippen molar-refractivity contribution in [2.75, 3.05) is 39.6 Å². The molecule has 0 spiro atoms. The maximum Gasteiger partial charge on any atom is 0.324 e. The summed E-state index contributed by atoms with van der Waals surface area (Å²) < 4.78 is 10.3. The number of nitrogens with zero attached hydrogens (tertiary/aromatic N) is 4. The highest BCUT2D eigenvalue weighted by Gasteiger charge is 2.40. The molecule has 14 nitrogen and oxygen atoms in total. The summed E-state index contributed by atoms with van der Waals surface area (Å²) in [4.78, 5) is 80.7. The van der Waals surface area contributed by atoms with E-state index in [4.69, 9.17) is 20.9 Å². The van der Waals surface area contributed by atoms with E-state index >= 15 is 0 Å². The molecule has 2 aliphatic rings. The van der Waals surface area contributed by atoms with Crippen LogP contribution in [-0.2, 0) is 38.2 Å². The first-order chi connectivity index (χ1) is 19.2. The third kappa shape index (κ3) is 11.4. The van der Waals surface area contributed by atoms with Gasteiger partial charge in [-0.1, -0.05) is 41.5 Å². The third-order valence-corrected chi connectivity index (χ3v) is 7.35. The Bertz CT molecular complexity index is 941. The van der Waals surface area contributed by atoms with Crippen LogP contribution in [0.15, 0.2) is 0 Å². The number of carbonyl (C=O) groups is 6. The Balaban J connectivity index is 0.00000924. The number of hydrogen-bond donors (Lipinski definition) is 2. The van der Waals surface area contributed by atoms with Crippen molar-refractivity contribution < 1.29 is 38.2 Å². The molecule has 4 N–H and O–H groups in total. The second-order valence-corrected chi connectivity index (χ2v) is 13.6. The van der Waals surface area contributed by atoms with E-state index < -0.39 is 61.1 Å². The molecule has 15 heteroatoms. The number of piperazine rings is 2. The Labute approximate surface area is 260 Å². The van der Waals surface area contributed by atoms with Gasteiger partial charge in [-0.25, -0.2) is 9.80 Å². The second kappa shape index (κ2) is 15.4. The molecule has 0 aromatic carbocycles. The molecular weight excluding hydrogens is 584 g/mol. The number of rotatable bonds is 11. The van der Waals surface area contributed by atoms with E-state index in [1.807, 2.05) is 41.5 Å². The van der Waals surface area contributed by atoms with Crippen molar-refractivity contribution in [3.8, 4) is 0 Å². The summed E-state index contributed by atoms with van der Waals surface area (Å²) in [6.45, 7) is 13.7. The van der Waals surface area contributed by atoms with Crippen LogP contribution < -0.4 is 11.5 Å². The summed E-state index contributed by atoms with van der Waals surface area (Å²) in [5, 5.41) is 0. The van der Waals surface area contributed by atoms with Crippen LogP contribution in [0.3, 0.4) is 0 Å². The highest BCUT2D eigenvalue weighted by Crippen LogP contribution is 2.22. The highest BCUT2D eigenvalue weighted by molar-refractivity contribution is 6.00. The van der Waals surface area contributed by atoms with Crippen molar-refractivity contribution >= 4 is 48.0 Å². The molecule has 2 heterocycles. The molecular formula is C28H49ClN6O8. The van der Waals surface area contributed by atoms with Gasteiger partial charge in [-0.2, -0.15) is 0 Å². The number of esters is 2. The first-order valence-corrected chi connectivity index (χ1v) is 14.2. The molecule has 2 rings (SSSR count). The van der Waals surface area contributed by atoms with E-state index in [1.165, 1.54) is 0 Å². The smallest absolute Gasteiger partial charge is 0.324 e. The van der Waals surface area contributed by atoms with Crippen molar-refractivity contribution in [1.29, 1.82) is 0 Å². The summed E-state index contributed by atoms with van der Waals surface area (Å²) in [6.07, 6.45) is 0.764. The molecule has 0 bridgehead atoms. The summed E-state index contributed by atoms with van der Waals surface area (Å²) in [6, 6.07) is -2.52. The normalized spacial score (nSPS) is 20.3. The molecule has 246 valence electrons. The molecule has 2 aliphatic heterocycles. The zero-order valence-electron chi connectivity index (χ0n) is 26.6. The molecule has 0 unspecified atom stereocenters. The fourth-order valence-corrected chi connectivity index (χ4v) is 4.86. The topological polar surface area (TPSA) is 186 Å². The Morgan fingerprint density at radius 3 is 1.14 bits per heavy atom. The minimum absolute atomic E-state index is 0. The number of nitrogens with two attached hydrogens (primary N) is 2. The molecule has 0 radical (unpaired) electrons. The lowest BCUT2D eigenvalue weighted by Crippen LogP contribution is -2.63. The maximum absolute atomic E-state index is 12.8. The quantitative estimate of drug-likeness (QED) is 0.231. The summed E-state index contributed by atoms with van der Waals surface area (Å²) in [5.41, 5.74) is 11.4. The zero-order valence-corrected chi connectivity index (χ0v) is 27.4. The van der Waals surface area contributed by atoms with Crippen LogP contribution in [0.5, 0.6) is 0 Å². The summed E-state index contributed by atoms with van der Waals surface area (Å²) >= 11 is 0. The number of hydrogen-bond acceptors (Lipinski definition) is 12. The summed E-state index contributed by atoms with van der Waals surface area (Å²) in [5.74, 6) is -3.52. The van der Waals surface area contributed by atoms with Crippen LogP contribution in [0, 0.1) is 10.8 Å². The first-order valence-electron chi connectivity index (χ1n) is 14.2. The molecule has 4 atom stereocenters. The Morgan fingerprint density at radius 2 is 0.907 bits per heavy atom. The van der Waals surface area contributed by atoms with Crippen LogP contribution >= 0.6 is 12.4 Å². The number of halogens is 1. The van der Waals surface area contributed by atoms with Gasteiger partial charge in [0.25, 0.3) is 0 Å². The Morgan fingerprint density at radius 1 is 0.651 bits per heavy atom. The van der Waals surface area contributed by atoms with Gasteiger partial charge in [0.2, 0.25) is 23.6 Å². The van der Waals surface area contributed by atoms with Crippen molar-refractivity contribution in [1.82, 2.24) is 19.6 Å². The standard InChI is InChI=1S/C28H48N6O8.ClH/c1-17(31-11-21(35)33(22(36)12-31)15-41-25(39)19(29)9-27(3,4)5)18(2)32-13-23(37)34(24(38)14-32)16-42-26(40)20(30)10-28(6,7)8;/h17-20H,9-16,29-30H2,1-8H3;1H/t17-,18+,19-,20-;/m0./s1. The van der Waals surface area contributed by atoms with E-state index in [-0.39, 0.29) is 61.5 Å². The third-order valence-electron chi connectivity index (χ3n) is 7.35. The van der Waals surface area contributed by atoms with E-state index in [0.29, 0.717) is 12.8 Å². The van der Waals surface area contributed by atoms with Gasteiger partial charge in [0, 0.05) is 12.1 Å². The van der Waals surface area contributed by atoms with E-state index in [1.54, 1.807) is 23.6 Å². The van der Waals surface area contributed by atoms with Gasteiger partial charge in [-0.15, -0.1) is 12.4 Å². The SMILES string of the molecule is C[C@H]([C@H](C)N1CC(=O)N(COC(=O)[C@@H](N)CC(C)(C)C)C(=O)C1)N1CC(=O)N(COC(=O)[C@@H](N)CC(C)(C)C)C(=O)C1.Cl. The lowest BCUT2D eigenvalue weighted by Gasteiger charge is -2.43. The molecule has 4 amide bonds. The fourth-order valence-electron chi connectivity index (χ4n) is 4.86. The fraction of sp³-hybridized carbons (Fsp3) is 0.786. The highest BCUT2D eigenvalue weighted by atomic mass is 35.5. The number of imide groups is 2. The van der Waals surface area contributed by atoms with Gasteiger partial charge in [0.1, 0.15) is 12.1 Å². The van der Waals surface area contributed by atoms with E-state index in [9.17, 15) is 28.8 Å². The van der Waals surface area contributed by atoms with Crippen LogP contribution in [0.25, 0.3) is 0 Å². The predicted octanol–water partition coefficient (Wildman–Crippen LogP) is 0.0552. The average molecular weight is 633 g/mol. The van der Waals surface area contributed by atoms with Gasteiger partial charge >= 0.3 is 11.9 Å². The predicted molar refractivity (Wildman–Crippen MR) is 159 cm³/mol. The molecule has 2 fully saturated rings. The van der Waals surface area contributed by atoms with Crippen LogP contribution in [0.1, 0.15) is 68.2 Å². The van der Waals surface area contributed by atoms with Crippen molar-refractivity contribution in [2.45, 2.75) is 92.4 Å². The van der Waals surface area contributed by atoms with Crippen molar-refractivity contribution in [3.63, 3.8) is 0 Å². The maximum atomic E-state index is 12.8. The summed E-state index contributed by atoms with van der Waals surface area (Å²) in [7, 11) is 0. The zero-order chi connectivity index (χ0) is 32.2. The average Bonchev–Trinajstić information content (AvgIpc) is 2.84.